The van der Waals surface area contributed by atoms with Crippen LogP contribution in [0, 0.1) is 0 Å². The van der Waals surface area contributed by atoms with Gasteiger partial charge >= 0.3 is 0 Å². The fourth-order valence-corrected chi connectivity index (χ4v) is 3.45. The number of methoxy groups -OCH3 is 1. The lowest BCUT2D eigenvalue weighted by molar-refractivity contribution is 0.0766. The van der Waals surface area contributed by atoms with Gasteiger partial charge in [0.25, 0.3) is 5.91 Å². The number of rotatable bonds is 6. The molecule has 2 N–H and O–H groups in total. The van der Waals surface area contributed by atoms with Crippen molar-refractivity contribution in [2.24, 2.45) is 0 Å². The second kappa shape index (κ2) is 8.39. The highest BCUT2D eigenvalue weighted by atomic mass is 32.2. The average Bonchev–Trinajstić information content (AvgIpc) is 2.84. The zero-order valence-corrected chi connectivity index (χ0v) is 14.1. The van der Waals surface area contributed by atoms with Gasteiger partial charge in [0.05, 0.1) is 11.5 Å². The van der Waals surface area contributed by atoms with Crippen molar-refractivity contribution >= 4 is 15.9 Å². The number of carbonyl (C=O) groups excluding carboxylic acids is 1. The molecule has 1 aliphatic heterocycles. The van der Waals surface area contributed by atoms with Gasteiger partial charge < -0.3 is 15.0 Å². The molecule has 1 saturated heterocycles. The molecule has 0 aliphatic carbocycles. The number of ether oxygens (including phenoxy) is 1. The molecule has 0 unspecified atom stereocenters. The molecular formula is C15H23N3O4S. The minimum absolute atomic E-state index is 0.0902. The van der Waals surface area contributed by atoms with Gasteiger partial charge in [-0.25, -0.2) is 13.1 Å². The lowest BCUT2D eigenvalue weighted by Gasteiger charge is -2.20. The van der Waals surface area contributed by atoms with E-state index >= 15 is 0 Å². The third kappa shape index (κ3) is 5.00. The smallest absolute Gasteiger partial charge is 0.253 e. The molecular weight excluding hydrogens is 318 g/mol. The Morgan fingerprint density at radius 2 is 2.17 bits per heavy atom. The van der Waals surface area contributed by atoms with Gasteiger partial charge in [-0.15, -0.1) is 0 Å². The average molecular weight is 341 g/mol. The summed E-state index contributed by atoms with van der Waals surface area (Å²) in [6.45, 7) is 3.42. The third-order valence-corrected chi connectivity index (χ3v) is 5.08. The number of benzene rings is 1. The van der Waals surface area contributed by atoms with Crippen LogP contribution in [0.1, 0.15) is 16.8 Å². The number of hydrogen-bond acceptors (Lipinski definition) is 5. The predicted octanol–water partition coefficient (Wildman–Crippen LogP) is 0.0468. The van der Waals surface area contributed by atoms with Gasteiger partial charge in [-0.05, 0) is 31.2 Å². The van der Waals surface area contributed by atoms with Crippen LogP contribution in [-0.2, 0) is 14.8 Å². The van der Waals surface area contributed by atoms with Crippen molar-refractivity contribution in [3.8, 4) is 0 Å². The highest BCUT2D eigenvalue weighted by Crippen LogP contribution is 2.14. The lowest BCUT2D eigenvalue weighted by Crippen LogP contribution is -2.34. The van der Waals surface area contributed by atoms with E-state index in [1.807, 2.05) is 0 Å². The second-order valence-corrected chi connectivity index (χ2v) is 7.08. The zero-order chi connectivity index (χ0) is 16.7. The summed E-state index contributed by atoms with van der Waals surface area (Å²) in [6.07, 6.45) is 0.891. The maximum Gasteiger partial charge on any atom is 0.253 e. The van der Waals surface area contributed by atoms with Crippen molar-refractivity contribution in [3.63, 3.8) is 0 Å². The van der Waals surface area contributed by atoms with E-state index in [9.17, 15) is 13.2 Å². The molecule has 0 aromatic heterocycles. The van der Waals surface area contributed by atoms with Gasteiger partial charge in [0.1, 0.15) is 0 Å². The fourth-order valence-electron chi connectivity index (χ4n) is 2.39. The van der Waals surface area contributed by atoms with Crippen molar-refractivity contribution in [2.45, 2.75) is 11.3 Å². The Kier molecular flexibility index (Phi) is 6.52. The van der Waals surface area contributed by atoms with Gasteiger partial charge in [0.2, 0.25) is 10.0 Å². The quantitative estimate of drug-likeness (QED) is 0.714. The molecule has 1 aromatic rings. The van der Waals surface area contributed by atoms with Crippen LogP contribution < -0.4 is 10.0 Å². The first-order valence-electron chi connectivity index (χ1n) is 7.63. The van der Waals surface area contributed by atoms with Crippen LogP contribution in [-0.4, -0.2) is 65.7 Å². The molecule has 1 aromatic carbocycles. The van der Waals surface area contributed by atoms with E-state index in [1.165, 1.54) is 19.2 Å². The van der Waals surface area contributed by atoms with Crippen molar-refractivity contribution in [1.82, 2.24) is 14.9 Å². The molecule has 0 bridgehead atoms. The van der Waals surface area contributed by atoms with Crippen LogP contribution in [0.4, 0.5) is 0 Å². The van der Waals surface area contributed by atoms with E-state index in [-0.39, 0.29) is 17.3 Å². The second-order valence-electron chi connectivity index (χ2n) is 5.31. The van der Waals surface area contributed by atoms with E-state index in [1.54, 1.807) is 17.0 Å². The van der Waals surface area contributed by atoms with E-state index in [0.29, 0.717) is 25.3 Å². The predicted molar refractivity (Wildman–Crippen MR) is 86.9 cm³/mol. The lowest BCUT2D eigenvalue weighted by atomic mass is 10.2. The van der Waals surface area contributed by atoms with Crippen LogP contribution in [0.2, 0.25) is 0 Å². The Morgan fingerprint density at radius 3 is 2.96 bits per heavy atom. The van der Waals surface area contributed by atoms with Crippen LogP contribution in [0.15, 0.2) is 29.2 Å². The van der Waals surface area contributed by atoms with E-state index in [4.69, 9.17) is 4.74 Å². The number of amides is 1. The Morgan fingerprint density at radius 1 is 1.35 bits per heavy atom. The number of nitrogens with zero attached hydrogens (tertiary/aromatic N) is 1. The first-order chi connectivity index (χ1) is 11.0. The minimum Gasteiger partial charge on any atom is -0.383 e. The monoisotopic (exact) mass is 341 g/mol. The zero-order valence-electron chi connectivity index (χ0n) is 13.2. The van der Waals surface area contributed by atoms with Gasteiger partial charge in [-0.1, -0.05) is 6.07 Å². The summed E-state index contributed by atoms with van der Waals surface area (Å²) in [5.74, 6) is -0.136. The first-order valence-corrected chi connectivity index (χ1v) is 9.11. The normalized spacial score (nSPS) is 16.1. The Labute approximate surface area is 137 Å². The highest BCUT2D eigenvalue weighted by molar-refractivity contribution is 7.89. The summed E-state index contributed by atoms with van der Waals surface area (Å²) >= 11 is 0. The molecule has 0 saturated carbocycles. The SMILES string of the molecule is COCCNS(=O)(=O)c1cccc(C(=O)N2CCCNCC2)c1. The summed E-state index contributed by atoms with van der Waals surface area (Å²) in [7, 11) is -2.14. The summed E-state index contributed by atoms with van der Waals surface area (Å²) in [4.78, 5) is 14.4. The number of nitrogens with one attached hydrogen (secondary N) is 2. The molecule has 23 heavy (non-hydrogen) atoms. The number of carbonyl (C=O) groups is 1. The molecule has 1 aliphatic rings. The maximum atomic E-state index is 12.6. The first kappa shape index (κ1) is 17.9. The number of hydrogen-bond donors (Lipinski definition) is 2. The molecule has 2 rings (SSSR count). The van der Waals surface area contributed by atoms with Gasteiger partial charge in [0.15, 0.2) is 0 Å². The van der Waals surface area contributed by atoms with Crippen molar-refractivity contribution < 1.29 is 17.9 Å². The molecule has 128 valence electrons. The van der Waals surface area contributed by atoms with Crippen LogP contribution in [0.3, 0.4) is 0 Å². The molecule has 0 spiro atoms. The number of sulfonamides is 1. The Hall–Kier alpha value is -1.48. The standard InChI is InChI=1S/C15H23N3O4S/c1-22-11-8-17-23(20,21)14-5-2-4-13(12-14)15(19)18-9-3-6-16-7-10-18/h2,4-5,12,16-17H,3,6-11H2,1H3. The minimum atomic E-state index is -3.64. The van der Waals surface area contributed by atoms with Crippen LogP contribution in [0.5, 0.6) is 0 Å². The molecule has 0 radical (unpaired) electrons. The maximum absolute atomic E-state index is 12.6. The van der Waals surface area contributed by atoms with Gasteiger partial charge in [-0.3, -0.25) is 4.79 Å². The van der Waals surface area contributed by atoms with Gasteiger partial charge in [-0.2, -0.15) is 0 Å². The molecule has 0 atom stereocenters. The third-order valence-electron chi connectivity index (χ3n) is 3.62. The molecule has 8 heteroatoms. The molecule has 7 nitrogen and oxygen atoms in total. The topological polar surface area (TPSA) is 87.7 Å². The van der Waals surface area contributed by atoms with Crippen molar-refractivity contribution in [1.29, 1.82) is 0 Å². The summed E-state index contributed by atoms with van der Waals surface area (Å²) in [5.41, 5.74) is 0.390. The molecule has 1 amide bonds. The largest absolute Gasteiger partial charge is 0.383 e. The van der Waals surface area contributed by atoms with Crippen LogP contribution >= 0.6 is 0 Å². The van der Waals surface area contributed by atoms with E-state index in [0.717, 1.165) is 19.5 Å². The Bertz CT molecular complexity index is 625. The summed E-state index contributed by atoms with van der Waals surface area (Å²) in [5, 5.41) is 3.24. The van der Waals surface area contributed by atoms with E-state index in [2.05, 4.69) is 10.0 Å². The van der Waals surface area contributed by atoms with Crippen molar-refractivity contribution in [3.05, 3.63) is 29.8 Å². The summed E-state index contributed by atoms with van der Waals surface area (Å²) in [6, 6.07) is 6.15. The molecule has 1 heterocycles. The highest BCUT2D eigenvalue weighted by Gasteiger charge is 2.20. The van der Waals surface area contributed by atoms with E-state index < -0.39 is 10.0 Å². The Balaban J connectivity index is 2.13. The van der Waals surface area contributed by atoms with Crippen molar-refractivity contribution in [2.75, 3.05) is 46.4 Å². The summed E-state index contributed by atoms with van der Waals surface area (Å²) < 4.78 is 31.7. The fraction of sp³-hybridized carbons (Fsp3) is 0.533. The molecule has 1 fully saturated rings. The van der Waals surface area contributed by atoms with Gasteiger partial charge in [0, 0.05) is 38.9 Å². The van der Waals surface area contributed by atoms with Crippen LogP contribution in [0.25, 0.3) is 0 Å².